The highest BCUT2D eigenvalue weighted by atomic mass is 35.5. The fourth-order valence-corrected chi connectivity index (χ4v) is 4.17. The number of nitriles is 1. The van der Waals surface area contributed by atoms with Crippen molar-refractivity contribution in [3.8, 4) is 6.07 Å². The van der Waals surface area contributed by atoms with E-state index >= 15 is 0 Å². The molecule has 1 heterocycles. The Bertz CT molecular complexity index is 1300. The van der Waals surface area contributed by atoms with E-state index in [1.165, 1.54) is 23.9 Å². The lowest BCUT2D eigenvalue weighted by Crippen LogP contribution is -2.08. The van der Waals surface area contributed by atoms with Crippen LogP contribution in [-0.2, 0) is 12.6 Å². The van der Waals surface area contributed by atoms with Gasteiger partial charge in [-0.15, -0.1) is 0 Å². The van der Waals surface area contributed by atoms with Crippen LogP contribution in [0.1, 0.15) is 66.2 Å². The second-order valence-corrected chi connectivity index (χ2v) is 8.99. The zero-order valence-corrected chi connectivity index (χ0v) is 21.0. The van der Waals surface area contributed by atoms with Gasteiger partial charge >= 0.3 is 6.18 Å². The van der Waals surface area contributed by atoms with Gasteiger partial charge in [-0.3, -0.25) is 4.98 Å². The molecular formula is C29H27ClF3N3. The van der Waals surface area contributed by atoms with E-state index in [0.717, 1.165) is 47.1 Å². The van der Waals surface area contributed by atoms with Crippen molar-refractivity contribution < 1.29 is 13.2 Å². The van der Waals surface area contributed by atoms with Crippen molar-refractivity contribution in [1.82, 2.24) is 9.97 Å². The molecule has 0 atom stereocenters. The van der Waals surface area contributed by atoms with Crippen LogP contribution < -0.4 is 0 Å². The summed E-state index contributed by atoms with van der Waals surface area (Å²) < 4.78 is 39.6. The first kappa shape index (κ1) is 27.2. The summed E-state index contributed by atoms with van der Waals surface area (Å²) in [5.74, 6) is 0. The molecule has 0 spiro atoms. The lowest BCUT2D eigenvalue weighted by atomic mass is 9.83. The normalized spacial score (nSPS) is 13.5. The van der Waals surface area contributed by atoms with E-state index < -0.39 is 11.7 Å². The van der Waals surface area contributed by atoms with Crippen LogP contribution in [0.25, 0.3) is 16.7 Å². The third-order valence-corrected chi connectivity index (χ3v) is 6.32. The minimum absolute atomic E-state index is 0.206. The zero-order valence-electron chi connectivity index (χ0n) is 20.3. The Labute approximate surface area is 215 Å². The number of hydrogen-bond acceptors (Lipinski definition) is 3. The van der Waals surface area contributed by atoms with Gasteiger partial charge in [0.25, 0.3) is 0 Å². The van der Waals surface area contributed by atoms with Gasteiger partial charge in [-0.25, -0.2) is 4.98 Å². The summed E-state index contributed by atoms with van der Waals surface area (Å²) in [4.78, 5) is 8.63. The summed E-state index contributed by atoms with van der Waals surface area (Å²) in [5, 5.41) is 9.84. The maximum Gasteiger partial charge on any atom is 0.416 e. The number of alkyl halides is 3. The van der Waals surface area contributed by atoms with Crippen LogP contribution in [0.4, 0.5) is 13.2 Å². The van der Waals surface area contributed by atoms with E-state index in [1.807, 2.05) is 37.3 Å². The summed E-state index contributed by atoms with van der Waals surface area (Å²) in [6.45, 7) is 7.60. The molecule has 1 aliphatic rings. The zero-order chi connectivity index (χ0) is 26.3. The van der Waals surface area contributed by atoms with Crippen molar-refractivity contribution in [3.05, 3.63) is 100 Å². The number of benzene rings is 2. The van der Waals surface area contributed by atoms with Crippen LogP contribution in [0, 0.1) is 18.3 Å². The minimum atomic E-state index is -4.39. The maximum absolute atomic E-state index is 13.2. The van der Waals surface area contributed by atoms with E-state index in [9.17, 15) is 13.2 Å². The molecule has 0 saturated carbocycles. The molecule has 7 heteroatoms. The van der Waals surface area contributed by atoms with Crippen molar-refractivity contribution in [1.29, 1.82) is 5.26 Å². The number of aromatic nitrogens is 2. The molecule has 0 bridgehead atoms. The largest absolute Gasteiger partial charge is 0.416 e. The van der Waals surface area contributed by atoms with Gasteiger partial charge in [0.1, 0.15) is 6.07 Å². The number of halogens is 4. The van der Waals surface area contributed by atoms with E-state index in [2.05, 4.69) is 23.5 Å². The molecule has 36 heavy (non-hydrogen) atoms. The highest BCUT2D eigenvalue weighted by Crippen LogP contribution is 2.40. The third-order valence-electron chi connectivity index (χ3n) is 6.07. The molecule has 0 unspecified atom stereocenters. The molecule has 3 nitrogen and oxygen atoms in total. The molecule has 0 radical (unpaired) electrons. The average Bonchev–Trinajstić information content (AvgIpc) is 2.89. The number of nitrogens with zero attached hydrogens (tertiary/aromatic N) is 3. The highest BCUT2D eigenvalue weighted by Gasteiger charge is 2.31. The Balaban J connectivity index is 0.000000338. The first-order chi connectivity index (χ1) is 17.1. The Morgan fingerprint density at radius 1 is 1.06 bits per heavy atom. The predicted molar refractivity (Wildman–Crippen MR) is 139 cm³/mol. The number of allylic oxidation sites excluding steroid dienone is 3. The topological polar surface area (TPSA) is 49.6 Å². The van der Waals surface area contributed by atoms with Crippen LogP contribution in [0.5, 0.6) is 0 Å². The van der Waals surface area contributed by atoms with Crippen LogP contribution in [0.2, 0.25) is 5.02 Å². The lowest BCUT2D eigenvalue weighted by Gasteiger charge is -2.23. The van der Waals surface area contributed by atoms with Crippen LogP contribution in [0.3, 0.4) is 0 Å². The molecule has 186 valence electrons. The second-order valence-electron chi connectivity index (χ2n) is 8.55. The molecular weight excluding hydrogens is 483 g/mol. The molecule has 0 aliphatic heterocycles. The summed E-state index contributed by atoms with van der Waals surface area (Å²) in [6.07, 6.45) is 2.99. The molecule has 0 fully saturated rings. The van der Waals surface area contributed by atoms with Gasteiger partial charge < -0.3 is 0 Å². The average molecular weight is 510 g/mol. The molecule has 0 N–H and O–H groups in total. The van der Waals surface area contributed by atoms with Gasteiger partial charge in [-0.05, 0) is 91.1 Å². The fraction of sp³-hybridized carbons (Fsp3) is 0.276. The lowest BCUT2D eigenvalue weighted by molar-refractivity contribution is -0.137. The number of aryl methyl sites for hydroxylation is 2. The second kappa shape index (κ2) is 12.0. The first-order valence-corrected chi connectivity index (χ1v) is 12.1. The van der Waals surface area contributed by atoms with Crippen LogP contribution >= 0.6 is 11.6 Å². The Hall–Kier alpha value is -3.43. The molecule has 0 saturated heterocycles. The van der Waals surface area contributed by atoms with Crippen LogP contribution in [0.15, 0.2) is 61.4 Å². The molecule has 0 amide bonds. The monoisotopic (exact) mass is 509 g/mol. The SMILES string of the molecule is C=C(C#N)c1cncc(C2=C(c3cc(C(F)(F)F)ccc3C)CCCC2)n1.CCc1ccc(Cl)cc1. The van der Waals surface area contributed by atoms with Crippen molar-refractivity contribution in [3.63, 3.8) is 0 Å². The smallest absolute Gasteiger partial charge is 0.260 e. The van der Waals surface area contributed by atoms with Crippen LogP contribution in [-0.4, -0.2) is 9.97 Å². The fourth-order valence-electron chi connectivity index (χ4n) is 4.04. The Kier molecular flexibility index (Phi) is 9.06. The van der Waals surface area contributed by atoms with E-state index in [4.69, 9.17) is 16.9 Å². The Morgan fingerprint density at radius 2 is 1.72 bits per heavy atom. The predicted octanol–water partition coefficient (Wildman–Crippen LogP) is 8.73. The number of hydrogen-bond donors (Lipinski definition) is 0. The third kappa shape index (κ3) is 6.83. The number of rotatable bonds is 4. The first-order valence-electron chi connectivity index (χ1n) is 11.7. The summed E-state index contributed by atoms with van der Waals surface area (Å²) in [5.41, 5.74) is 5.02. The summed E-state index contributed by atoms with van der Waals surface area (Å²) in [6, 6.07) is 13.7. The van der Waals surface area contributed by atoms with E-state index in [0.29, 0.717) is 29.8 Å². The van der Waals surface area contributed by atoms with Gasteiger partial charge in [0.05, 0.1) is 34.9 Å². The molecule has 1 aromatic heterocycles. The molecule has 1 aliphatic carbocycles. The van der Waals surface area contributed by atoms with Crippen molar-refractivity contribution in [2.24, 2.45) is 0 Å². The summed E-state index contributed by atoms with van der Waals surface area (Å²) >= 11 is 5.67. The van der Waals surface area contributed by atoms with Crippen molar-refractivity contribution in [2.75, 3.05) is 0 Å². The highest BCUT2D eigenvalue weighted by molar-refractivity contribution is 6.30. The van der Waals surface area contributed by atoms with E-state index in [-0.39, 0.29) is 5.57 Å². The quantitative estimate of drug-likeness (QED) is 0.330. The van der Waals surface area contributed by atoms with Crippen molar-refractivity contribution in [2.45, 2.75) is 52.1 Å². The van der Waals surface area contributed by atoms with Gasteiger partial charge in [-0.1, -0.05) is 43.3 Å². The van der Waals surface area contributed by atoms with Crippen molar-refractivity contribution >= 4 is 28.3 Å². The summed E-state index contributed by atoms with van der Waals surface area (Å²) in [7, 11) is 0. The van der Waals surface area contributed by atoms with Gasteiger partial charge in [0, 0.05) is 5.02 Å². The standard InChI is InChI=1S/C21H18F3N3.C8H9Cl/c1-13-7-8-15(21(22,23)24)9-18(13)16-5-3-4-6-17(16)20-12-26-11-19(27-20)14(2)10-25;1-2-7-3-5-8(9)6-4-7/h7-9,11-12H,2-6H2,1H3;3-6H,2H2,1H3. The van der Waals surface area contributed by atoms with Gasteiger partial charge in [-0.2, -0.15) is 18.4 Å². The minimum Gasteiger partial charge on any atom is -0.260 e. The molecule has 2 aromatic carbocycles. The van der Waals surface area contributed by atoms with Gasteiger partial charge in [0.2, 0.25) is 0 Å². The molecule has 4 rings (SSSR count). The molecule has 3 aromatic rings. The maximum atomic E-state index is 13.2. The van der Waals surface area contributed by atoms with E-state index in [1.54, 1.807) is 6.20 Å². The Morgan fingerprint density at radius 3 is 2.33 bits per heavy atom. The van der Waals surface area contributed by atoms with Gasteiger partial charge in [0.15, 0.2) is 0 Å².